The largest absolute Gasteiger partial charge is 0.353 e. The second kappa shape index (κ2) is 15.9. The molecule has 0 saturated heterocycles. The quantitative estimate of drug-likeness (QED) is 0.163. The summed E-state index contributed by atoms with van der Waals surface area (Å²) in [5.74, 6) is 1.27. The molecule has 3 saturated carbocycles. The van der Waals surface area contributed by atoms with E-state index >= 15 is 0 Å². The van der Waals surface area contributed by atoms with Crippen LogP contribution in [0.4, 0.5) is 34.1 Å². The Labute approximate surface area is 448 Å². The number of benzene rings is 7. The van der Waals surface area contributed by atoms with E-state index in [9.17, 15) is 0 Å². The molecule has 7 aromatic carbocycles. The number of fused-ring (bicyclic) bond motifs is 14. The minimum Gasteiger partial charge on any atom is -0.353 e. The van der Waals surface area contributed by atoms with Gasteiger partial charge < -0.3 is 14.4 Å². The van der Waals surface area contributed by atoms with E-state index in [-0.39, 0.29) is 33.8 Å². The number of aryl methyl sites for hydroxylation is 3. The summed E-state index contributed by atoms with van der Waals surface area (Å²) in [4.78, 5) is 5.49. The van der Waals surface area contributed by atoms with Crippen molar-refractivity contribution in [2.75, 3.05) is 9.80 Å². The zero-order valence-corrected chi connectivity index (χ0v) is 46.9. The number of nitrogens with zero attached hydrogens (tertiary/aromatic N) is 3. The van der Waals surface area contributed by atoms with Crippen LogP contribution in [-0.2, 0) is 23.3 Å². The third-order valence-electron chi connectivity index (χ3n) is 21.3. The molecule has 2 aliphatic heterocycles. The summed E-state index contributed by atoms with van der Waals surface area (Å²) in [6.07, 6.45) is 10.3. The molecule has 6 aliphatic rings. The third-order valence-corrected chi connectivity index (χ3v) is 21.3. The Morgan fingerprint density at radius 3 is 1.93 bits per heavy atom. The zero-order valence-electron chi connectivity index (χ0n) is 46.9. The van der Waals surface area contributed by atoms with E-state index in [2.05, 4.69) is 231 Å². The lowest BCUT2D eigenvalue weighted by atomic mass is 9.34. The highest BCUT2D eigenvalue weighted by Crippen LogP contribution is 2.78. The van der Waals surface area contributed by atoms with Crippen LogP contribution in [0.15, 0.2) is 133 Å². The van der Waals surface area contributed by atoms with Gasteiger partial charge in [0.2, 0.25) is 0 Å². The lowest BCUT2D eigenvalue weighted by molar-refractivity contribution is 0.0990. The number of anilines is 6. The molecule has 378 valence electrons. The van der Waals surface area contributed by atoms with Crippen molar-refractivity contribution in [2.24, 2.45) is 23.8 Å². The van der Waals surface area contributed by atoms with Crippen molar-refractivity contribution in [3.63, 3.8) is 0 Å². The van der Waals surface area contributed by atoms with E-state index in [0.717, 1.165) is 0 Å². The fourth-order valence-corrected chi connectivity index (χ4v) is 16.9. The van der Waals surface area contributed by atoms with Crippen LogP contribution in [0.2, 0.25) is 0 Å². The second-order valence-electron chi connectivity index (χ2n) is 27.2. The molecule has 14 rings (SSSR count). The van der Waals surface area contributed by atoms with Gasteiger partial charge in [0.1, 0.15) is 0 Å². The summed E-state index contributed by atoms with van der Waals surface area (Å²) in [5.41, 5.74) is 28.8. The van der Waals surface area contributed by atoms with Crippen molar-refractivity contribution < 1.29 is 0 Å². The molecule has 3 unspecified atom stereocenters. The molecule has 4 heteroatoms. The van der Waals surface area contributed by atoms with Crippen molar-refractivity contribution in [2.45, 2.75) is 150 Å². The summed E-state index contributed by atoms with van der Waals surface area (Å²) in [7, 11) is 2.38. The summed E-state index contributed by atoms with van der Waals surface area (Å²) >= 11 is 0. The Kier molecular flexibility index (Phi) is 10.0. The smallest absolute Gasteiger partial charge is 0.272 e. The highest BCUT2D eigenvalue weighted by Gasteiger charge is 2.71. The average molecular weight is 982 g/mol. The molecule has 3 fully saturated rings. The summed E-state index contributed by atoms with van der Waals surface area (Å²) in [6, 6.07) is 54.0. The van der Waals surface area contributed by atoms with Crippen LogP contribution in [0.5, 0.6) is 0 Å². The van der Waals surface area contributed by atoms with Crippen molar-refractivity contribution in [3.8, 4) is 22.3 Å². The lowest BCUT2D eigenvalue weighted by Crippen LogP contribution is -2.63. The van der Waals surface area contributed by atoms with Crippen LogP contribution in [-0.4, -0.2) is 11.3 Å². The molecular formula is C71H76BN3. The van der Waals surface area contributed by atoms with E-state index in [0.29, 0.717) is 11.8 Å². The number of hydrogen-bond donors (Lipinski definition) is 0. The molecule has 3 nitrogen and oxygen atoms in total. The van der Waals surface area contributed by atoms with Gasteiger partial charge in [0, 0.05) is 57.3 Å². The van der Waals surface area contributed by atoms with E-state index in [4.69, 9.17) is 0 Å². The maximum atomic E-state index is 2.83. The molecule has 3 atom stereocenters. The zero-order chi connectivity index (χ0) is 51.9. The number of aromatic nitrogens is 1. The molecule has 1 aromatic heterocycles. The van der Waals surface area contributed by atoms with Crippen LogP contribution >= 0.6 is 0 Å². The Bertz CT molecular complexity index is 3680. The first-order valence-electron chi connectivity index (χ1n) is 28.8. The van der Waals surface area contributed by atoms with Crippen LogP contribution in [0, 0.1) is 30.6 Å². The minimum atomic E-state index is -0.0608. The SMILES string of the molecule is Cc1cccc(C)c1-c1cc2c3c(c1)N(c1cccc4c1-c1ccccc1C41CC4CCC1(C)C4(C)C)c1c(n(C)c4ccc(C5CCCCC5)cc14)B3c1ccc(C(C)(C)C)cc1N2c1ccc(C(C)(C)C)cc1. The van der Waals surface area contributed by atoms with Gasteiger partial charge in [-0.25, -0.2) is 0 Å². The van der Waals surface area contributed by atoms with E-state index < -0.39 is 0 Å². The Hall–Kier alpha value is -6.26. The van der Waals surface area contributed by atoms with Gasteiger partial charge in [0.15, 0.2) is 0 Å². The standard InChI is InChI=1S/C71H76BN3/c1-43-20-18-21-44(2)62(43)47-39-60-64-61(40-47)75(58-27-19-26-55-63(58)52-24-16-17-25-54(52)71(55)42-50-36-37-70(71,11)69(50,9)10)65-53-38-46(45-22-14-13-15-23-45)28-35-57(53)73(12)66(65)72(64)56-34-31-49(68(6,7)8)41-59(56)74(60)51-32-29-48(30-33-51)67(3,4)5/h16-21,24-35,38-41,45,50H,13-15,22-23,36-37,42H2,1-12H3. The highest BCUT2D eigenvalue weighted by molar-refractivity contribution is 7.00. The summed E-state index contributed by atoms with van der Waals surface area (Å²) in [5, 5.41) is 1.37. The number of hydrogen-bond acceptors (Lipinski definition) is 2. The van der Waals surface area contributed by atoms with Gasteiger partial charge in [-0.05, 0) is 195 Å². The van der Waals surface area contributed by atoms with Gasteiger partial charge in [-0.2, -0.15) is 0 Å². The van der Waals surface area contributed by atoms with Gasteiger partial charge in [-0.1, -0.05) is 167 Å². The minimum absolute atomic E-state index is 0.0152. The van der Waals surface area contributed by atoms with Crippen LogP contribution in [0.1, 0.15) is 159 Å². The van der Waals surface area contributed by atoms with Gasteiger partial charge in [-0.3, -0.25) is 0 Å². The molecule has 3 heterocycles. The van der Waals surface area contributed by atoms with E-state index in [1.807, 2.05) is 0 Å². The molecule has 0 N–H and O–H groups in total. The Morgan fingerprint density at radius 1 is 0.587 bits per heavy atom. The Morgan fingerprint density at radius 2 is 1.25 bits per heavy atom. The van der Waals surface area contributed by atoms with Crippen LogP contribution in [0.25, 0.3) is 33.2 Å². The predicted octanol–water partition coefficient (Wildman–Crippen LogP) is 17.3. The fourth-order valence-electron chi connectivity index (χ4n) is 16.9. The maximum absolute atomic E-state index is 2.83. The van der Waals surface area contributed by atoms with Crippen molar-refractivity contribution in [1.82, 2.24) is 4.57 Å². The molecule has 4 aliphatic carbocycles. The Balaban J connectivity index is 1.14. The normalized spacial score (nSPS) is 22.2. The van der Waals surface area contributed by atoms with Gasteiger partial charge >= 0.3 is 0 Å². The molecule has 8 aromatic rings. The van der Waals surface area contributed by atoms with Crippen molar-refractivity contribution in [3.05, 3.63) is 172 Å². The topological polar surface area (TPSA) is 11.4 Å². The first-order chi connectivity index (χ1) is 35.8. The molecule has 0 radical (unpaired) electrons. The predicted molar refractivity (Wildman–Crippen MR) is 321 cm³/mol. The van der Waals surface area contributed by atoms with Crippen molar-refractivity contribution in [1.29, 1.82) is 0 Å². The van der Waals surface area contributed by atoms with Crippen molar-refractivity contribution >= 4 is 68.3 Å². The molecular weight excluding hydrogens is 906 g/mol. The lowest BCUT2D eigenvalue weighted by Gasteiger charge is -2.48. The molecule has 2 bridgehead atoms. The van der Waals surface area contributed by atoms with Gasteiger partial charge in [0.05, 0.1) is 11.4 Å². The van der Waals surface area contributed by atoms with Gasteiger partial charge in [0.25, 0.3) is 6.71 Å². The maximum Gasteiger partial charge on any atom is 0.272 e. The highest BCUT2D eigenvalue weighted by atomic mass is 15.2. The summed E-state index contributed by atoms with van der Waals surface area (Å²) in [6.45, 7) is 26.6. The first kappa shape index (κ1) is 47.2. The van der Waals surface area contributed by atoms with E-state index in [1.165, 1.54) is 163 Å². The number of rotatable bonds is 4. The monoisotopic (exact) mass is 982 g/mol. The van der Waals surface area contributed by atoms with Crippen LogP contribution in [0.3, 0.4) is 0 Å². The fraction of sp³-hybridized carbons (Fsp3) is 0.380. The van der Waals surface area contributed by atoms with Crippen LogP contribution < -0.4 is 26.3 Å². The van der Waals surface area contributed by atoms with Gasteiger partial charge in [-0.15, -0.1) is 0 Å². The summed E-state index contributed by atoms with van der Waals surface area (Å²) < 4.78 is 2.62. The second-order valence-corrected chi connectivity index (χ2v) is 27.2. The molecule has 0 amide bonds. The van der Waals surface area contributed by atoms with E-state index in [1.54, 1.807) is 11.1 Å². The average Bonchev–Trinajstić information content (AvgIpc) is 4.00. The molecule has 1 spiro atoms. The molecule has 75 heavy (non-hydrogen) atoms. The third kappa shape index (κ3) is 6.29. The first-order valence-corrected chi connectivity index (χ1v) is 28.8.